The van der Waals surface area contributed by atoms with Gasteiger partial charge in [-0.25, -0.2) is 0 Å². The Balaban J connectivity index is 2.06. The van der Waals surface area contributed by atoms with Crippen LogP contribution in [0, 0.1) is 11.8 Å². The fourth-order valence-corrected chi connectivity index (χ4v) is 3.36. The van der Waals surface area contributed by atoms with Gasteiger partial charge in [-0.3, -0.25) is 0 Å². The van der Waals surface area contributed by atoms with Crippen molar-refractivity contribution in [2.45, 2.75) is 45.1 Å². The summed E-state index contributed by atoms with van der Waals surface area (Å²) in [5.41, 5.74) is 0.844. The molecule has 1 aliphatic carbocycles. The fourth-order valence-electron chi connectivity index (χ4n) is 2.69. The van der Waals surface area contributed by atoms with Gasteiger partial charge in [0.1, 0.15) is 0 Å². The molecule has 0 bridgehead atoms. The zero-order valence-corrected chi connectivity index (χ0v) is 10.4. The highest BCUT2D eigenvalue weighted by Crippen LogP contribution is 2.38. The van der Waals surface area contributed by atoms with Crippen molar-refractivity contribution in [1.82, 2.24) is 0 Å². The largest absolute Gasteiger partial charge is 0.389 e. The standard InChI is InChI=1S/C13H20OS/c1-10-3-5-13(14,11(2)7-10)8-12-4-6-15-9-12/h4,6,9-11,14H,3,5,7-8H2,1-2H3. The number of hydrogen-bond acceptors (Lipinski definition) is 2. The van der Waals surface area contributed by atoms with E-state index in [2.05, 4.69) is 30.7 Å². The van der Waals surface area contributed by atoms with Gasteiger partial charge in [-0.1, -0.05) is 13.8 Å². The average molecular weight is 224 g/mol. The van der Waals surface area contributed by atoms with Crippen molar-refractivity contribution in [2.75, 3.05) is 0 Å². The minimum Gasteiger partial charge on any atom is -0.389 e. The van der Waals surface area contributed by atoms with Crippen LogP contribution in [-0.4, -0.2) is 10.7 Å². The molecule has 15 heavy (non-hydrogen) atoms. The molecule has 1 N–H and O–H groups in total. The van der Waals surface area contributed by atoms with Crippen LogP contribution in [0.2, 0.25) is 0 Å². The highest BCUT2D eigenvalue weighted by Gasteiger charge is 2.38. The summed E-state index contributed by atoms with van der Waals surface area (Å²) in [7, 11) is 0. The molecule has 0 aromatic carbocycles. The van der Waals surface area contributed by atoms with Crippen LogP contribution in [0.15, 0.2) is 16.8 Å². The Morgan fingerprint density at radius 1 is 1.53 bits per heavy atom. The number of hydrogen-bond donors (Lipinski definition) is 1. The highest BCUT2D eigenvalue weighted by atomic mass is 32.1. The maximum Gasteiger partial charge on any atom is 0.0713 e. The van der Waals surface area contributed by atoms with Gasteiger partial charge in [-0.2, -0.15) is 11.3 Å². The lowest BCUT2D eigenvalue weighted by Gasteiger charge is -2.40. The summed E-state index contributed by atoms with van der Waals surface area (Å²) in [6, 6.07) is 2.13. The highest BCUT2D eigenvalue weighted by molar-refractivity contribution is 7.07. The van der Waals surface area contributed by atoms with E-state index in [4.69, 9.17) is 0 Å². The molecule has 0 amide bonds. The van der Waals surface area contributed by atoms with Gasteiger partial charge in [0.25, 0.3) is 0 Å². The minimum absolute atomic E-state index is 0.432. The molecule has 0 saturated heterocycles. The van der Waals surface area contributed by atoms with Gasteiger partial charge in [0, 0.05) is 6.42 Å². The minimum atomic E-state index is -0.451. The van der Waals surface area contributed by atoms with E-state index in [1.807, 2.05) is 0 Å². The molecule has 1 fully saturated rings. The first-order valence-corrected chi connectivity index (χ1v) is 6.78. The number of aliphatic hydroxyl groups is 1. The molecule has 2 rings (SSSR count). The van der Waals surface area contributed by atoms with Crippen LogP contribution in [0.5, 0.6) is 0 Å². The van der Waals surface area contributed by atoms with Gasteiger partial charge in [-0.15, -0.1) is 0 Å². The average Bonchev–Trinajstić information content (AvgIpc) is 2.65. The van der Waals surface area contributed by atoms with E-state index in [9.17, 15) is 5.11 Å². The quantitative estimate of drug-likeness (QED) is 0.815. The van der Waals surface area contributed by atoms with Gasteiger partial charge >= 0.3 is 0 Å². The summed E-state index contributed by atoms with van der Waals surface area (Å²) in [5, 5.41) is 14.9. The van der Waals surface area contributed by atoms with Crippen molar-refractivity contribution in [2.24, 2.45) is 11.8 Å². The third-order valence-corrected chi connectivity index (χ3v) is 4.57. The first kappa shape index (κ1) is 11.2. The lowest BCUT2D eigenvalue weighted by Crippen LogP contribution is -2.43. The molecule has 0 aliphatic heterocycles. The van der Waals surface area contributed by atoms with Crippen LogP contribution in [0.1, 0.15) is 38.7 Å². The summed E-state index contributed by atoms with van der Waals surface area (Å²) >= 11 is 1.72. The molecule has 1 aromatic rings. The van der Waals surface area contributed by atoms with E-state index in [0.29, 0.717) is 5.92 Å². The molecule has 3 unspecified atom stereocenters. The summed E-state index contributed by atoms with van der Waals surface area (Å²) in [4.78, 5) is 0. The van der Waals surface area contributed by atoms with Crippen molar-refractivity contribution in [1.29, 1.82) is 0 Å². The van der Waals surface area contributed by atoms with Crippen molar-refractivity contribution in [3.63, 3.8) is 0 Å². The van der Waals surface area contributed by atoms with Crippen LogP contribution in [0.4, 0.5) is 0 Å². The predicted molar refractivity (Wildman–Crippen MR) is 65.2 cm³/mol. The van der Waals surface area contributed by atoms with Crippen molar-refractivity contribution < 1.29 is 5.11 Å². The molecule has 1 aromatic heterocycles. The molecule has 1 saturated carbocycles. The summed E-state index contributed by atoms with van der Waals surface area (Å²) in [5.74, 6) is 1.21. The van der Waals surface area contributed by atoms with Crippen LogP contribution in [-0.2, 0) is 6.42 Å². The summed E-state index contributed by atoms with van der Waals surface area (Å²) in [6.45, 7) is 4.49. The Kier molecular flexibility index (Phi) is 3.17. The summed E-state index contributed by atoms with van der Waals surface area (Å²) < 4.78 is 0. The number of rotatable bonds is 2. The lowest BCUT2D eigenvalue weighted by atomic mass is 9.70. The first-order valence-electron chi connectivity index (χ1n) is 5.83. The van der Waals surface area contributed by atoms with Gasteiger partial charge in [0.05, 0.1) is 5.60 Å². The van der Waals surface area contributed by atoms with Crippen molar-refractivity contribution >= 4 is 11.3 Å². The molecule has 0 radical (unpaired) electrons. The molecule has 0 spiro atoms. The predicted octanol–water partition coefficient (Wildman–Crippen LogP) is 3.48. The molecule has 1 heterocycles. The zero-order valence-electron chi connectivity index (χ0n) is 9.57. The van der Waals surface area contributed by atoms with E-state index >= 15 is 0 Å². The van der Waals surface area contributed by atoms with Crippen molar-refractivity contribution in [3.05, 3.63) is 22.4 Å². The van der Waals surface area contributed by atoms with E-state index in [0.717, 1.165) is 18.8 Å². The van der Waals surface area contributed by atoms with E-state index < -0.39 is 5.60 Å². The topological polar surface area (TPSA) is 20.2 Å². The Bertz CT molecular complexity index is 306. The van der Waals surface area contributed by atoms with E-state index in [1.54, 1.807) is 11.3 Å². The maximum atomic E-state index is 10.6. The smallest absolute Gasteiger partial charge is 0.0713 e. The van der Waals surface area contributed by atoms with Gasteiger partial charge in [0.15, 0.2) is 0 Å². The molecule has 2 heteroatoms. The van der Waals surface area contributed by atoms with Crippen LogP contribution < -0.4 is 0 Å². The van der Waals surface area contributed by atoms with Gasteiger partial charge < -0.3 is 5.11 Å². The first-order chi connectivity index (χ1) is 7.10. The Hall–Kier alpha value is -0.340. The molecular formula is C13H20OS. The fraction of sp³-hybridized carbons (Fsp3) is 0.692. The Morgan fingerprint density at radius 2 is 2.33 bits per heavy atom. The van der Waals surface area contributed by atoms with Crippen molar-refractivity contribution in [3.8, 4) is 0 Å². The molecule has 84 valence electrons. The molecule has 1 nitrogen and oxygen atoms in total. The Labute approximate surface area is 96.1 Å². The van der Waals surface area contributed by atoms with Crippen LogP contribution in [0.3, 0.4) is 0 Å². The van der Waals surface area contributed by atoms with Gasteiger partial charge in [-0.05, 0) is 53.5 Å². The molecule has 1 aliphatic rings. The Morgan fingerprint density at radius 3 is 2.93 bits per heavy atom. The second-order valence-electron chi connectivity index (χ2n) is 5.19. The lowest BCUT2D eigenvalue weighted by molar-refractivity contribution is -0.0521. The third-order valence-electron chi connectivity index (χ3n) is 3.83. The van der Waals surface area contributed by atoms with E-state index in [1.165, 1.54) is 18.4 Å². The van der Waals surface area contributed by atoms with Crippen LogP contribution >= 0.6 is 11.3 Å². The molecular weight excluding hydrogens is 204 g/mol. The monoisotopic (exact) mass is 224 g/mol. The second-order valence-corrected chi connectivity index (χ2v) is 5.97. The van der Waals surface area contributed by atoms with Gasteiger partial charge in [0.2, 0.25) is 0 Å². The molecule has 3 atom stereocenters. The maximum absolute atomic E-state index is 10.6. The normalized spacial score (nSPS) is 36.7. The SMILES string of the molecule is CC1CCC(O)(Cc2ccsc2)C(C)C1. The summed E-state index contributed by atoms with van der Waals surface area (Å²) in [6.07, 6.45) is 4.14. The third kappa shape index (κ3) is 2.43. The second kappa shape index (κ2) is 4.26. The number of thiophene rings is 1. The van der Waals surface area contributed by atoms with Crippen LogP contribution in [0.25, 0.3) is 0 Å². The zero-order chi connectivity index (χ0) is 10.9. The van der Waals surface area contributed by atoms with E-state index in [-0.39, 0.29) is 0 Å².